The summed E-state index contributed by atoms with van der Waals surface area (Å²) in [5.41, 5.74) is 14.6. The average Bonchev–Trinajstić information content (AvgIpc) is 3.83. The van der Waals surface area contributed by atoms with Crippen LogP contribution in [0.5, 0.6) is 0 Å². The number of carbonyl (C=O) groups is 1. The standard InChI is InChI=1S/C46H33BrN4O/c47-39-23-27-41(28-24-39)51-44(35-17-9-3-10-18-35)31-38(45(51)36-19-11-4-12-20-36)32-48-49-46(52)37-21-25-40(26-22-37)50-42(33-13-5-1-6-14-33)29-30-43(50)34-15-7-2-8-16-34/h1-32H,(H,49,52)/b48-32+. The van der Waals surface area contributed by atoms with Crippen molar-refractivity contribution in [3.63, 3.8) is 0 Å². The third-order valence-corrected chi connectivity index (χ3v) is 9.54. The second-order valence-electron chi connectivity index (χ2n) is 12.3. The highest BCUT2D eigenvalue weighted by atomic mass is 79.9. The summed E-state index contributed by atoms with van der Waals surface area (Å²) in [4.78, 5) is 13.5. The Morgan fingerprint density at radius 3 is 1.46 bits per heavy atom. The van der Waals surface area contributed by atoms with Gasteiger partial charge >= 0.3 is 0 Å². The molecule has 0 atom stereocenters. The Bertz CT molecular complexity index is 2410. The van der Waals surface area contributed by atoms with Crippen LogP contribution in [0.25, 0.3) is 56.4 Å². The SMILES string of the molecule is O=C(N/N=C/c1cc(-c2ccccc2)n(-c2ccc(Br)cc2)c1-c1ccccc1)c1ccc(-n2c(-c3ccccc3)ccc2-c2ccccc2)cc1. The number of carbonyl (C=O) groups excluding carboxylic acids is 1. The lowest BCUT2D eigenvalue weighted by Gasteiger charge is -2.15. The number of hydrogen-bond donors (Lipinski definition) is 1. The molecule has 6 heteroatoms. The Hall–Kier alpha value is -6.50. The van der Waals surface area contributed by atoms with Crippen LogP contribution in [-0.4, -0.2) is 21.3 Å². The molecule has 5 nitrogen and oxygen atoms in total. The minimum atomic E-state index is -0.293. The third-order valence-electron chi connectivity index (χ3n) is 9.01. The van der Waals surface area contributed by atoms with Gasteiger partial charge in [0.2, 0.25) is 0 Å². The van der Waals surface area contributed by atoms with Crippen LogP contribution in [0.1, 0.15) is 15.9 Å². The number of hydrogen-bond acceptors (Lipinski definition) is 2. The molecule has 0 aliphatic carbocycles. The first-order valence-electron chi connectivity index (χ1n) is 17.0. The van der Waals surface area contributed by atoms with Gasteiger partial charge in [0.1, 0.15) is 0 Å². The smallest absolute Gasteiger partial charge is 0.271 e. The molecule has 2 aromatic heterocycles. The van der Waals surface area contributed by atoms with Crippen LogP contribution in [-0.2, 0) is 0 Å². The molecule has 0 aliphatic rings. The number of hydrazone groups is 1. The molecule has 0 bridgehead atoms. The summed E-state index contributed by atoms with van der Waals surface area (Å²) in [5.74, 6) is -0.293. The van der Waals surface area contributed by atoms with Crippen LogP contribution < -0.4 is 5.43 Å². The van der Waals surface area contributed by atoms with E-state index in [-0.39, 0.29) is 5.91 Å². The molecule has 2 heterocycles. The maximum absolute atomic E-state index is 13.5. The van der Waals surface area contributed by atoms with Gasteiger partial charge in [0.05, 0.1) is 29.0 Å². The number of benzene rings is 6. The molecule has 0 fully saturated rings. The summed E-state index contributed by atoms with van der Waals surface area (Å²) in [6.07, 6.45) is 1.73. The monoisotopic (exact) mass is 736 g/mol. The number of nitrogens with one attached hydrogen (secondary N) is 1. The zero-order valence-corrected chi connectivity index (χ0v) is 29.7. The molecule has 0 saturated heterocycles. The molecule has 0 radical (unpaired) electrons. The number of nitrogens with zero attached hydrogens (tertiary/aromatic N) is 3. The highest BCUT2D eigenvalue weighted by Gasteiger charge is 2.19. The van der Waals surface area contributed by atoms with Crippen molar-refractivity contribution >= 4 is 28.1 Å². The molecule has 0 saturated carbocycles. The van der Waals surface area contributed by atoms with Gasteiger partial charge in [0, 0.05) is 27.0 Å². The summed E-state index contributed by atoms with van der Waals surface area (Å²) >= 11 is 3.58. The van der Waals surface area contributed by atoms with Gasteiger partial charge in [-0.15, -0.1) is 0 Å². The highest BCUT2D eigenvalue weighted by molar-refractivity contribution is 9.10. The fourth-order valence-electron chi connectivity index (χ4n) is 6.57. The maximum Gasteiger partial charge on any atom is 0.271 e. The molecule has 6 aromatic carbocycles. The summed E-state index contributed by atoms with van der Waals surface area (Å²) < 4.78 is 5.48. The molecule has 52 heavy (non-hydrogen) atoms. The lowest BCUT2D eigenvalue weighted by Crippen LogP contribution is -2.17. The molecular weight excluding hydrogens is 704 g/mol. The van der Waals surface area contributed by atoms with E-state index in [1.54, 1.807) is 6.21 Å². The fraction of sp³-hybridized carbons (Fsp3) is 0. The summed E-state index contributed by atoms with van der Waals surface area (Å²) in [5, 5.41) is 4.49. The van der Waals surface area contributed by atoms with Crippen LogP contribution in [0.4, 0.5) is 0 Å². The number of halogens is 1. The normalized spacial score (nSPS) is 11.2. The third kappa shape index (κ3) is 6.67. The number of amides is 1. The first-order valence-corrected chi connectivity index (χ1v) is 17.8. The summed E-state index contributed by atoms with van der Waals surface area (Å²) in [6, 6.07) is 63.5. The fourth-order valence-corrected chi connectivity index (χ4v) is 6.83. The highest BCUT2D eigenvalue weighted by Crippen LogP contribution is 2.36. The Morgan fingerprint density at radius 2 is 0.942 bits per heavy atom. The van der Waals surface area contributed by atoms with E-state index in [2.05, 4.69) is 114 Å². The van der Waals surface area contributed by atoms with Crippen molar-refractivity contribution < 1.29 is 4.79 Å². The first-order chi connectivity index (χ1) is 25.6. The largest absolute Gasteiger partial charge is 0.309 e. The van der Waals surface area contributed by atoms with Crippen LogP contribution in [0.15, 0.2) is 198 Å². The second-order valence-corrected chi connectivity index (χ2v) is 13.2. The molecule has 0 spiro atoms. The Labute approximate surface area is 311 Å². The van der Waals surface area contributed by atoms with Crippen LogP contribution in [0.2, 0.25) is 0 Å². The minimum Gasteiger partial charge on any atom is -0.309 e. The van der Waals surface area contributed by atoms with Crippen LogP contribution >= 0.6 is 15.9 Å². The van der Waals surface area contributed by atoms with E-state index >= 15 is 0 Å². The predicted molar refractivity (Wildman–Crippen MR) is 216 cm³/mol. The lowest BCUT2D eigenvalue weighted by atomic mass is 10.1. The summed E-state index contributed by atoms with van der Waals surface area (Å²) in [7, 11) is 0. The van der Waals surface area contributed by atoms with E-state index in [0.717, 1.165) is 66.4 Å². The molecule has 0 aliphatic heterocycles. The zero-order valence-electron chi connectivity index (χ0n) is 28.1. The first kappa shape index (κ1) is 32.7. The Morgan fingerprint density at radius 1 is 0.500 bits per heavy atom. The molecule has 8 rings (SSSR count). The topological polar surface area (TPSA) is 51.3 Å². The van der Waals surface area contributed by atoms with Crippen molar-refractivity contribution in [1.29, 1.82) is 0 Å². The molecule has 250 valence electrons. The van der Waals surface area contributed by atoms with Gasteiger partial charge in [-0.3, -0.25) is 4.79 Å². The van der Waals surface area contributed by atoms with E-state index in [4.69, 9.17) is 0 Å². The maximum atomic E-state index is 13.5. The van der Waals surface area contributed by atoms with Gasteiger partial charge < -0.3 is 9.13 Å². The number of rotatable bonds is 9. The zero-order chi connectivity index (χ0) is 35.3. The Balaban J connectivity index is 1.12. The van der Waals surface area contributed by atoms with E-state index in [0.29, 0.717) is 5.56 Å². The van der Waals surface area contributed by atoms with Crippen molar-refractivity contribution in [3.05, 3.63) is 204 Å². The van der Waals surface area contributed by atoms with Crippen LogP contribution in [0, 0.1) is 0 Å². The Kier molecular flexibility index (Phi) is 9.29. The quantitative estimate of drug-likeness (QED) is 0.116. The number of aromatic nitrogens is 2. The van der Waals surface area contributed by atoms with E-state index in [1.165, 1.54) is 0 Å². The lowest BCUT2D eigenvalue weighted by molar-refractivity contribution is 0.0955. The van der Waals surface area contributed by atoms with Crippen molar-refractivity contribution in [1.82, 2.24) is 14.6 Å². The average molecular weight is 738 g/mol. The van der Waals surface area contributed by atoms with Gasteiger partial charge in [0.25, 0.3) is 5.91 Å². The molecule has 8 aromatic rings. The minimum absolute atomic E-state index is 0.293. The van der Waals surface area contributed by atoms with Gasteiger partial charge in [-0.05, 0) is 89.0 Å². The van der Waals surface area contributed by atoms with Gasteiger partial charge in [-0.1, -0.05) is 137 Å². The van der Waals surface area contributed by atoms with Crippen molar-refractivity contribution in [2.75, 3.05) is 0 Å². The van der Waals surface area contributed by atoms with Crippen LogP contribution in [0.3, 0.4) is 0 Å². The second kappa shape index (κ2) is 14.8. The van der Waals surface area contributed by atoms with Crippen molar-refractivity contribution in [2.45, 2.75) is 0 Å². The van der Waals surface area contributed by atoms with Crippen molar-refractivity contribution in [2.24, 2.45) is 5.10 Å². The van der Waals surface area contributed by atoms with E-state index in [1.807, 2.05) is 109 Å². The van der Waals surface area contributed by atoms with E-state index in [9.17, 15) is 4.79 Å². The predicted octanol–water partition coefficient (Wildman–Crippen LogP) is 11.5. The molecule has 1 amide bonds. The molecule has 1 N–H and O–H groups in total. The van der Waals surface area contributed by atoms with Crippen molar-refractivity contribution in [3.8, 4) is 56.4 Å². The molecular formula is C46H33BrN4O. The summed E-state index contributed by atoms with van der Waals surface area (Å²) in [6.45, 7) is 0. The molecule has 0 unspecified atom stereocenters. The van der Waals surface area contributed by atoms with Gasteiger partial charge in [0.15, 0.2) is 0 Å². The van der Waals surface area contributed by atoms with Gasteiger partial charge in [-0.2, -0.15) is 5.10 Å². The van der Waals surface area contributed by atoms with Gasteiger partial charge in [-0.25, -0.2) is 5.43 Å². The van der Waals surface area contributed by atoms with E-state index < -0.39 is 0 Å².